The number of aryl methyl sites for hydroxylation is 1. The zero-order valence-electron chi connectivity index (χ0n) is 16.2. The Bertz CT molecular complexity index is 1130. The Morgan fingerprint density at radius 3 is 2.75 bits per heavy atom. The van der Waals surface area contributed by atoms with E-state index in [4.69, 9.17) is 11.5 Å². The molecule has 0 spiro atoms. The van der Waals surface area contributed by atoms with Crippen molar-refractivity contribution in [3.8, 4) is 11.1 Å². The highest BCUT2D eigenvalue weighted by atomic mass is 16.1. The van der Waals surface area contributed by atoms with Crippen molar-refractivity contribution in [2.24, 2.45) is 24.4 Å². The van der Waals surface area contributed by atoms with Crippen LogP contribution in [0, 0.1) is 5.92 Å². The molecule has 0 atom stereocenters. The number of allylic oxidation sites excluding steroid dienone is 2. The fourth-order valence-electron chi connectivity index (χ4n) is 2.81. The van der Waals surface area contributed by atoms with Crippen molar-refractivity contribution < 1.29 is 0 Å². The number of pyridine rings is 3. The van der Waals surface area contributed by atoms with Gasteiger partial charge in [0.1, 0.15) is 11.6 Å². The summed E-state index contributed by atoms with van der Waals surface area (Å²) in [4.78, 5) is 21.4. The van der Waals surface area contributed by atoms with Crippen LogP contribution in [0.25, 0.3) is 22.2 Å². The van der Waals surface area contributed by atoms with E-state index in [0.717, 1.165) is 16.7 Å². The lowest BCUT2D eigenvalue weighted by molar-refractivity contribution is 0.786. The zero-order valence-corrected chi connectivity index (χ0v) is 16.2. The molecule has 144 valence electrons. The highest BCUT2D eigenvalue weighted by Gasteiger charge is 2.08. The molecule has 0 aliphatic carbocycles. The number of nitrogens with two attached hydrogens (primary N) is 2. The second kappa shape index (κ2) is 7.96. The fourth-order valence-corrected chi connectivity index (χ4v) is 2.81. The van der Waals surface area contributed by atoms with Gasteiger partial charge in [-0.25, -0.2) is 4.98 Å². The molecule has 3 aromatic rings. The molecular weight excluding hydrogens is 352 g/mol. The van der Waals surface area contributed by atoms with Crippen LogP contribution in [-0.4, -0.2) is 14.5 Å². The summed E-state index contributed by atoms with van der Waals surface area (Å²) < 4.78 is 1.54. The highest BCUT2D eigenvalue weighted by molar-refractivity contribution is 5.81. The van der Waals surface area contributed by atoms with Gasteiger partial charge in [-0.1, -0.05) is 13.8 Å². The van der Waals surface area contributed by atoms with Crippen LogP contribution in [0.3, 0.4) is 0 Å². The summed E-state index contributed by atoms with van der Waals surface area (Å²) >= 11 is 0. The Hall–Kier alpha value is -3.61. The van der Waals surface area contributed by atoms with Crippen LogP contribution in [0.15, 0.2) is 71.2 Å². The topological polar surface area (TPSA) is 112 Å². The first-order chi connectivity index (χ1) is 13.4. The predicted octanol–water partition coefficient (Wildman–Crippen LogP) is 2.71. The predicted molar refractivity (Wildman–Crippen MR) is 113 cm³/mol. The number of hydrogen-bond acceptors (Lipinski definition) is 6. The van der Waals surface area contributed by atoms with Crippen molar-refractivity contribution in [3.63, 3.8) is 0 Å². The molecule has 0 fully saturated rings. The first kappa shape index (κ1) is 19.2. The van der Waals surface area contributed by atoms with Gasteiger partial charge in [0.15, 0.2) is 0 Å². The maximum absolute atomic E-state index is 12.4. The molecule has 0 saturated carbocycles. The summed E-state index contributed by atoms with van der Waals surface area (Å²) in [7, 11) is 1.72. The Labute approximate surface area is 163 Å². The normalized spacial score (nSPS) is 12.6. The van der Waals surface area contributed by atoms with Gasteiger partial charge >= 0.3 is 0 Å². The Morgan fingerprint density at radius 2 is 2.04 bits per heavy atom. The molecule has 28 heavy (non-hydrogen) atoms. The molecule has 0 aromatic carbocycles. The van der Waals surface area contributed by atoms with E-state index in [1.165, 1.54) is 4.57 Å². The average molecular weight is 376 g/mol. The van der Waals surface area contributed by atoms with Crippen LogP contribution in [0.1, 0.15) is 13.8 Å². The SMILES string of the molecule is CC(C)C(=C/N)/C=C(\N)Nc1ccc2ncc(-c3cccn(C)c3=O)cc2n1. The van der Waals surface area contributed by atoms with Gasteiger partial charge in [-0.3, -0.25) is 9.78 Å². The molecule has 3 rings (SSSR count). The molecule has 0 bridgehead atoms. The van der Waals surface area contributed by atoms with E-state index in [1.807, 2.05) is 32.0 Å². The summed E-state index contributed by atoms with van der Waals surface area (Å²) in [5.41, 5.74) is 15.3. The number of aromatic nitrogens is 3. The summed E-state index contributed by atoms with van der Waals surface area (Å²) in [5, 5.41) is 3.07. The minimum Gasteiger partial charge on any atom is -0.404 e. The van der Waals surface area contributed by atoms with Crippen LogP contribution in [0.4, 0.5) is 5.82 Å². The minimum absolute atomic E-state index is 0.0834. The lowest BCUT2D eigenvalue weighted by Gasteiger charge is -2.10. The smallest absolute Gasteiger partial charge is 0.258 e. The zero-order chi connectivity index (χ0) is 20.3. The lowest BCUT2D eigenvalue weighted by Crippen LogP contribution is -2.17. The molecule has 3 heterocycles. The lowest BCUT2D eigenvalue weighted by atomic mass is 10.0. The molecular formula is C21H24N6O. The first-order valence-electron chi connectivity index (χ1n) is 8.98. The van der Waals surface area contributed by atoms with E-state index in [1.54, 1.807) is 43.9 Å². The van der Waals surface area contributed by atoms with Crippen molar-refractivity contribution in [2.45, 2.75) is 13.8 Å². The van der Waals surface area contributed by atoms with E-state index in [0.29, 0.717) is 22.7 Å². The molecule has 0 amide bonds. The van der Waals surface area contributed by atoms with Crippen molar-refractivity contribution in [1.29, 1.82) is 0 Å². The highest BCUT2D eigenvalue weighted by Crippen LogP contribution is 2.21. The Balaban J connectivity index is 1.96. The fraction of sp³-hybridized carbons (Fsp3) is 0.190. The third kappa shape index (κ3) is 4.03. The molecule has 7 heteroatoms. The summed E-state index contributed by atoms with van der Waals surface area (Å²) in [6.45, 7) is 4.08. The van der Waals surface area contributed by atoms with Crippen molar-refractivity contribution in [3.05, 3.63) is 76.7 Å². The molecule has 0 unspecified atom stereocenters. The number of anilines is 1. The Kier molecular flexibility index (Phi) is 5.44. The molecule has 0 aliphatic heterocycles. The third-order valence-corrected chi connectivity index (χ3v) is 4.43. The van der Waals surface area contributed by atoms with E-state index in [2.05, 4.69) is 15.3 Å². The second-order valence-electron chi connectivity index (χ2n) is 6.84. The molecule has 5 N–H and O–H groups in total. The van der Waals surface area contributed by atoms with Crippen LogP contribution >= 0.6 is 0 Å². The van der Waals surface area contributed by atoms with Gasteiger partial charge in [0.2, 0.25) is 0 Å². The standard InChI is InChI=1S/C21H24N6O/c1-13(2)14(11-22)10-19(23)26-20-7-6-17-18(25-20)9-15(12-24-17)16-5-4-8-27(3)21(16)28/h4-13H,22-23H2,1-3H3,(H,25,26)/b14-11+,19-10+. The van der Waals surface area contributed by atoms with E-state index in [-0.39, 0.29) is 11.5 Å². The molecule has 0 radical (unpaired) electrons. The van der Waals surface area contributed by atoms with E-state index in [9.17, 15) is 4.79 Å². The quantitative estimate of drug-likeness (QED) is 0.590. The van der Waals surface area contributed by atoms with Gasteiger partial charge in [-0.15, -0.1) is 0 Å². The number of nitrogens with one attached hydrogen (secondary N) is 1. The number of rotatable bonds is 5. The molecule has 0 saturated heterocycles. The third-order valence-electron chi connectivity index (χ3n) is 4.43. The molecule has 7 nitrogen and oxygen atoms in total. The number of nitrogens with zero attached hydrogens (tertiary/aromatic N) is 3. The van der Waals surface area contributed by atoms with E-state index >= 15 is 0 Å². The van der Waals surface area contributed by atoms with Crippen LogP contribution < -0.4 is 22.3 Å². The molecule has 0 aliphatic rings. The Morgan fingerprint density at radius 1 is 1.25 bits per heavy atom. The largest absolute Gasteiger partial charge is 0.404 e. The summed E-state index contributed by atoms with van der Waals surface area (Å²) in [6.07, 6.45) is 6.74. The summed E-state index contributed by atoms with van der Waals surface area (Å²) in [5.74, 6) is 1.29. The molecule has 3 aromatic heterocycles. The van der Waals surface area contributed by atoms with Crippen molar-refractivity contribution in [1.82, 2.24) is 14.5 Å². The van der Waals surface area contributed by atoms with Crippen LogP contribution in [0.2, 0.25) is 0 Å². The minimum atomic E-state index is -0.0834. The maximum atomic E-state index is 12.4. The van der Waals surface area contributed by atoms with Gasteiger partial charge in [-0.2, -0.15) is 0 Å². The van der Waals surface area contributed by atoms with Crippen molar-refractivity contribution >= 4 is 16.9 Å². The maximum Gasteiger partial charge on any atom is 0.258 e. The van der Waals surface area contributed by atoms with Gasteiger partial charge in [0.25, 0.3) is 5.56 Å². The van der Waals surface area contributed by atoms with Gasteiger partial charge in [-0.05, 0) is 54.1 Å². The number of fused-ring (bicyclic) bond motifs is 1. The number of hydrogen-bond donors (Lipinski definition) is 3. The van der Waals surface area contributed by atoms with Crippen molar-refractivity contribution in [2.75, 3.05) is 5.32 Å². The van der Waals surface area contributed by atoms with Gasteiger partial charge < -0.3 is 21.4 Å². The first-order valence-corrected chi connectivity index (χ1v) is 8.98. The van der Waals surface area contributed by atoms with Crippen LogP contribution in [0.5, 0.6) is 0 Å². The van der Waals surface area contributed by atoms with E-state index < -0.39 is 0 Å². The average Bonchev–Trinajstić information content (AvgIpc) is 2.67. The van der Waals surface area contributed by atoms with Gasteiger partial charge in [0, 0.05) is 30.6 Å². The van der Waals surface area contributed by atoms with Crippen LogP contribution in [-0.2, 0) is 7.05 Å². The monoisotopic (exact) mass is 376 g/mol. The second-order valence-corrected chi connectivity index (χ2v) is 6.84. The van der Waals surface area contributed by atoms with Gasteiger partial charge in [0.05, 0.1) is 11.0 Å². The summed E-state index contributed by atoms with van der Waals surface area (Å²) in [6, 6.07) is 9.12.